The van der Waals surface area contributed by atoms with Crippen molar-refractivity contribution in [2.24, 2.45) is 4.99 Å². The van der Waals surface area contributed by atoms with Gasteiger partial charge in [0.15, 0.2) is 5.54 Å². The molecule has 0 radical (unpaired) electrons. The molecular formula is C21H23NO2. The van der Waals surface area contributed by atoms with Crippen LogP contribution in [0, 0.1) is 12.3 Å². The lowest BCUT2D eigenvalue weighted by molar-refractivity contribution is -0.160. The van der Waals surface area contributed by atoms with E-state index in [0.29, 0.717) is 0 Å². The van der Waals surface area contributed by atoms with Gasteiger partial charge in [-0.2, -0.15) is 0 Å². The van der Waals surface area contributed by atoms with Crippen LogP contribution in [0.15, 0.2) is 47.5 Å². The molecule has 0 saturated heterocycles. The van der Waals surface area contributed by atoms with Gasteiger partial charge in [-0.1, -0.05) is 36.4 Å². The maximum atomic E-state index is 12.5. The molecule has 0 amide bonds. The van der Waals surface area contributed by atoms with Gasteiger partial charge in [-0.3, -0.25) is 4.99 Å². The average molecular weight is 321 g/mol. The third-order valence-corrected chi connectivity index (χ3v) is 3.56. The predicted octanol–water partition coefficient (Wildman–Crippen LogP) is 4.38. The molecule has 0 aliphatic heterocycles. The van der Waals surface area contributed by atoms with Crippen LogP contribution >= 0.6 is 0 Å². The van der Waals surface area contributed by atoms with Crippen LogP contribution in [-0.2, 0) is 9.53 Å². The van der Waals surface area contributed by atoms with Crippen LogP contribution in [0.3, 0.4) is 0 Å². The summed E-state index contributed by atoms with van der Waals surface area (Å²) >= 11 is 0. The highest BCUT2D eigenvalue weighted by atomic mass is 16.6. The Hall–Kier alpha value is -2.60. The fraction of sp³-hybridized carbons (Fsp3) is 0.333. The summed E-state index contributed by atoms with van der Waals surface area (Å²) in [6, 6.07) is 14.1. The lowest BCUT2D eigenvalue weighted by Gasteiger charge is -2.27. The van der Waals surface area contributed by atoms with E-state index in [1.54, 1.807) is 13.1 Å². The van der Waals surface area contributed by atoms with Gasteiger partial charge in [0.1, 0.15) is 5.60 Å². The van der Waals surface area contributed by atoms with Crippen molar-refractivity contribution < 1.29 is 9.53 Å². The van der Waals surface area contributed by atoms with Crippen molar-refractivity contribution in [2.45, 2.75) is 45.3 Å². The molecule has 3 nitrogen and oxygen atoms in total. The van der Waals surface area contributed by atoms with Gasteiger partial charge < -0.3 is 4.74 Å². The summed E-state index contributed by atoms with van der Waals surface area (Å²) in [5, 5.41) is 2.28. The minimum atomic E-state index is -1.09. The Labute approximate surface area is 143 Å². The number of carbonyl (C=O) groups is 1. The lowest BCUT2D eigenvalue weighted by atomic mass is 9.98. The molecule has 0 aliphatic rings. The number of rotatable bonds is 4. The van der Waals surface area contributed by atoms with Crippen LogP contribution in [0.25, 0.3) is 10.8 Å². The monoisotopic (exact) mass is 321 g/mol. The number of fused-ring (bicyclic) bond motifs is 1. The summed E-state index contributed by atoms with van der Waals surface area (Å²) in [6.07, 6.45) is 7.30. The van der Waals surface area contributed by atoms with Crippen LogP contribution in [0.2, 0.25) is 0 Å². The zero-order chi connectivity index (χ0) is 17.8. The predicted molar refractivity (Wildman–Crippen MR) is 99.2 cm³/mol. The van der Waals surface area contributed by atoms with E-state index in [4.69, 9.17) is 11.2 Å². The summed E-state index contributed by atoms with van der Waals surface area (Å²) < 4.78 is 5.47. The molecule has 0 N–H and O–H groups in total. The van der Waals surface area contributed by atoms with Gasteiger partial charge in [0.2, 0.25) is 0 Å². The van der Waals surface area contributed by atoms with Crippen molar-refractivity contribution in [1.29, 1.82) is 0 Å². The van der Waals surface area contributed by atoms with Crippen LogP contribution in [0.5, 0.6) is 0 Å². The molecule has 2 aromatic rings. The van der Waals surface area contributed by atoms with Crippen molar-refractivity contribution in [3.05, 3.63) is 48.0 Å². The van der Waals surface area contributed by atoms with E-state index in [0.717, 1.165) is 16.3 Å². The Morgan fingerprint density at radius 3 is 2.46 bits per heavy atom. The number of aliphatic imine (C=N–C) groups is 1. The van der Waals surface area contributed by atoms with Crippen molar-refractivity contribution in [2.75, 3.05) is 0 Å². The molecule has 2 rings (SSSR count). The minimum absolute atomic E-state index is 0.187. The zero-order valence-corrected chi connectivity index (χ0v) is 14.7. The van der Waals surface area contributed by atoms with E-state index >= 15 is 0 Å². The van der Waals surface area contributed by atoms with Crippen molar-refractivity contribution in [3.63, 3.8) is 0 Å². The summed E-state index contributed by atoms with van der Waals surface area (Å²) in [5.41, 5.74) is -0.750. The number of ether oxygens (including phenoxy) is 1. The molecule has 0 saturated carbocycles. The largest absolute Gasteiger partial charge is 0.458 e. The van der Waals surface area contributed by atoms with E-state index in [9.17, 15) is 4.79 Å². The number of hydrogen-bond donors (Lipinski definition) is 0. The molecular weight excluding hydrogens is 298 g/mol. The van der Waals surface area contributed by atoms with Crippen molar-refractivity contribution >= 4 is 23.0 Å². The first kappa shape index (κ1) is 17.7. The van der Waals surface area contributed by atoms with Crippen molar-refractivity contribution in [1.82, 2.24) is 0 Å². The van der Waals surface area contributed by atoms with Gasteiger partial charge in [-0.25, -0.2) is 4.79 Å². The SMILES string of the molecule is C#CC[C@@](C)(N=Cc1ccc2ccccc2c1)C(=O)OC(C)(C)C. The first-order valence-electron chi connectivity index (χ1n) is 7.94. The highest BCUT2D eigenvalue weighted by Crippen LogP contribution is 2.22. The van der Waals surface area contributed by atoms with Gasteiger partial charge in [-0.15, -0.1) is 12.3 Å². The molecule has 0 aromatic heterocycles. The third kappa shape index (κ3) is 4.45. The van der Waals surface area contributed by atoms with Crippen molar-refractivity contribution in [3.8, 4) is 12.3 Å². The number of nitrogens with zero attached hydrogens (tertiary/aromatic N) is 1. The summed E-state index contributed by atoms with van der Waals surface area (Å²) in [7, 11) is 0. The molecule has 3 heteroatoms. The quantitative estimate of drug-likeness (QED) is 0.476. The molecule has 0 aliphatic carbocycles. The second-order valence-corrected chi connectivity index (χ2v) is 7.02. The Bertz CT molecular complexity index is 808. The molecule has 0 fully saturated rings. The van der Waals surface area contributed by atoms with Crippen LogP contribution < -0.4 is 0 Å². The fourth-order valence-corrected chi connectivity index (χ4v) is 2.26. The van der Waals surface area contributed by atoms with E-state index in [1.807, 2.05) is 57.2 Å². The van der Waals surface area contributed by atoms with Gasteiger partial charge in [0.25, 0.3) is 0 Å². The molecule has 24 heavy (non-hydrogen) atoms. The molecule has 1 atom stereocenters. The van der Waals surface area contributed by atoms with E-state index in [2.05, 4.69) is 17.0 Å². The fourth-order valence-electron chi connectivity index (χ4n) is 2.26. The summed E-state index contributed by atoms with van der Waals surface area (Å²) in [6.45, 7) is 7.19. The van der Waals surface area contributed by atoms with Gasteiger partial charge in [0.05, 0.1) is 0 Å². The Kier molecular flexibility index (Phi) is 5.09. The number of carbonyl (C=O) groups excluding carboxylic acids is 1. The highest BCUT2D eigenvalue weighted by Gasteiger charge is 2.35. The molecule has 0 heterocycles. The molecule has 2 aromatic carbocycles. The molecule has 0 unspecified atom stereocenters. The van der Waals surface area contributed by atoms with E-state index < -0.39 is 17.1 Å². The second kappa shape index (κ2) is 6.88. The average Bonchev–Trinajstić information content (AvgIpc) is 2.51. The Balaban J connectivity index is 2.29. The van der Waals surface area contributed by atoms with Crippen LogP contribution in [0.4, 0.5) is 0 Å². The maximum absolute atomic E-state index is 12.5. The standard InChI is InChI=1S/C21H23NO2/c1-6-13-21(5,19(23)24-20(2,3)4)22-15-16-11-12-17-9-7-8-10-18(17)14-16/h1,7-12,14-15H,13H2,2-5H3/t21-/m1/s1. The first-order valence-corrected chi connectivity index (χ1v) is 7.94. The second-order valence-electron chi connectivity index (χ2n) is 7.02. The number of hydrogen-bond acceptors (Lipinski definition) is 3. The molecule has 0 bridgehead atoms. The summed E-state index contributed by atoms with van der Waals surface area (Å²) in [4.78, 5) is 16.9. The number of terminal acetylenes is 1. The highest BCUT2D eigenvalue weighted by molar-refractivity contribution is 5.92. The third-order valence-electron chi connectivity index (χ3n) is 3.56. The first-order chi connectivity index (χ1) is 11.2. The van der Waals surface area contributed by atoms with Crippen LogP contribution in [0.1, 0.15) is 39.7 Å². The normalized spacial score (nSPS) is 14.3. The Morgan fingerprint density at radius 1 is 1.17 bits per heavy atom. The van der Waals surface area contributed by atoms with E-state index in [1.165, 1.54) is 0 Å². The van der Waals surface area contributed by atoms with Crippen LogP contribution in [-0.4, -0.2) is 23.3 Å². The smallest absolute Gasteiger partial charge is 0.335 e. The van der Waals surface area contributed by atoms with Gasteiger partial charge >= 0.3 is 5.97 Å². The van der Waals surface area contributed by atoms with Gasteiger partial charge in [-0.05, 0) is 50.1 Å². The number of esters is 1. The summed E-state index contributed by atoms with van der Waals surface area (Å²) in [5.74, 6) is 2.11. The number of benzene rings is 2. The lowest BCUT2D eigenvalue weighted by Crippen LogP contribution is -2.39. The van der Waals surface area contributed by atoms with Gasteiger partial charge in [0, 0.05) is 12.6 Å². The molecule has 0 spiro atoms. The minimum Gasteiger partial charge on any atom is -0.458 e. The zero-order valence-electron chi connectivity index (χ0n) is 14.7. The topological polar surface area (TPSA) is 38.7 Å². The molecule has 124 valence electrons. The van der Waals surface area contributed by atoms with E-state index in [-0.39, 0.29) is 6.42 Å². The maximum Gasteiger partial charge on any atom is 0.335 e. The Morgan fingerprint density at radius 2 is 1.83 bits per heavy atom.